The fourth-order valence-electron chi connectivity index (χ4n) is 2.41. The fourth-order valence-corrected chi connectivity index (χ4v) is 2.57. The van der Waals surface area contributed by atoms with Crippen LogP contribution in [-0.2, 0) is 4.79 Å². The summed E-state index contributed by atoms with van der Waals surface area (Å²) in [5.41, 5.74) is -0.0519. The molecule has 1 atom stereocenters. The van der Waals surface area contributed by atoms with Gasteiger partial charge in [-0.2, -0.15) is 0 Å². The Balaban J connectivity index is 2.45. The van der Waals surface area contributed by atoms with E-state index in [2.05, 4.69) is 42.0 Å². The third kappa shape index (κ3) is 3.22. The molecule has 1 aliphatic carbocycles. The van der Waals surface area contributed by atoms with E-state index in [0.717, 1.165) is 25.8 Å². The summed E-state index contributed by atoms with van der Waals surface area (Å²) in [5, 5.41) is 3.11. The van der Waals surface area contributed by atoms with Gasteiger partial charge in [0.25, 0.3) is 0 Å². The molecule has 0 bridgehead atoms. The monoisotopic (exact) mass is 289 g/mol. The molecule has 3 heteroatoms. The average molecular weight is 290 g/mol. The van der Waals surface area contributed by atoms with Gasteiger partial charge >= 0.3 is 0 Å². The second kappa shape index (κ2) is 6.04. The molecule has 0 heterocycles. The third-order valence-electron chi connectivity index (χ3n) is 3.90. The number of rotatable bonds is 5. The maximum Gasteiger partial charge on any atom is 0.226 e. The lowest BCUT2D eigenvalue weighted by atomic mass is 9.82. The first-order valence-corrected chi connectivity index (χ1v) is 7.36. The van der Waals surface area contributed by atoms with Crippen molar-refractivity contribution in [3.05, 3.63) is 0 Å². The number of alkyl halides is 1. The highest BCUT2D eigenvalue weighted by Gasteiger charge is 2.39. The van der Waals surface area contributed by atoms with E-state index in [1.54, 1.807) is 0 Å². The SMILES string of the molecule is CCC1(C(=O)NCC(Br)C(C)C)CCCC1. The Bertz CT molecular complexity index is 234. The van der Waals surface area contributed by atoms with E-state index in [1.807, 2.05) is 0 Å². The van der Waals surface area contributed by atoms with Crippen molar-refractivity contribution < 1.29 is 4.79 Å². The van der Waals surface area contributed by atoms with Crippen molar-refractivity contribution in [3.8, 4) is 0 Å². The first-order chi connectivity index (χ1) is 7.52. The van der Waals surface area contributed by atoms with Crippen LogP contribution in [0.3, 0.4) is 0 Å². The molecule has 1 N–H and O–H groups in total. The topological polar surface area (TPSA) is 29.1 Å². The molecule has 1 aliphatic rings. The quantitative estimate of drug-likeness (QED) is 0.772. The van der Waals surface area contributed by atoms with Gasteiger partial charge in [0.15, 0.2) is 0 Å². The summed E-state index contributed by atoms with van der Waals surface area (Å²) >= 11 is 3.60. The Kier molecular flexibility index (Phi) is 5.29. The molecule has 0 aliphatic heterocycles. The Morgan fingerprint density at radius 1 is 1.38 bits per heavy atom. The van der Waals surface area contributed by atoms with Crippen molar-refractivity contribution in [1.29, 1.82) is 0 Å². The summed E-state index contributed by atoms with van der Waals surface area (Å²) in [7, 11) is 0. The standard InChI is InChI=1S/C13H24BrNO/c1-4-13(7-5-6-8-13)12(16)15-9-11(14)10(2)3/h10-11H,4-9H2,1-3H3,(H,15,16). The summed E-state index contributed by atoms with van der Waals surface area (Å²) in [4.78, 5) is 12.6. The van der Waals surface area contributed by atoms with Gasteiger partial charge < -0.3 is 5.32 Å². The van der Waals surface area contributed by atoms with E-state index in [1.165, 1.54) is 12.8 Å². The molecule has 1 fully saturated rings. The van der Waals surface area contributed by atoms with Gasteiger partial charge in [-0.1, -0.05) is 49.5 Å². The highest BCUT2D eigenvalue weighted by Crippen LogP contribution is 2.41. The van der Waals surface area contributed by atoms with Crippen LogP contribution in [0, 0.1) is 11.3 Å². The third-order valence-corrected chi connectivity index (χ3v) is 5.28. The maximum absolute atomic E-state index is 12.2. The predicted molar refractivity (Wildman–Crippen MR) is 71.8 cm³/mol. The smallest absolute Gasteiger partial charge is 0.226 e. The van der Waals surface area contributed by atoms with Crippen molar-refractivity contribution >= 4 is 21.8 Å². The van der Waals surface area contributed by atoms with Crippen LogP contribution in [0.15, 0.2) is 0 Å². The van der Waals surface area contributed by atoms with E-state index in [4.69, 9.17) is 0 Å². The lowest BCUT2D eigenvalue weighted by molar-refractivity contribution is -0.131. The molecule has 1 saturated carbocycles. The Labute approximate surface area is 108 Å². The molecule has 16 heavy (non-hydrogen) atoms. The number of hydrogen-bond donors (Lipinski definition) is 1. The highest BCUT2D eigenvalue weighted by atomic mass is 79.9. The van der Waals surface area contributed by atoms with Gasteiger partial charge in [-0.05, 0) is 25.2 Å². The van der Waals surface area contributed by atoms with E-state index < -0.39 is 0 Å². The maximum atomic E-state index is 12.2. The van der Waals surface area contributed by atoms with Crippen LogP contribution < -0.4 is 5.32 Å². The predicted octanol–water partition coefficient (Wildman–Crippen LogP) is 3.49. The number of carbonyl (C=O) groups excluding carboxylic acids is 1. The number of carbonyl (C=O) groups is 1. The van der Waals surface area contributed by atoms with Crippen molar-refractivity contribution in [1.82, 2.24) is 5.32 Å². The Morgan fingerprint density at radius 3 is 2.38 bits per heavy atom. The van der Waals surface area contributed by atoms with Gasteiger partial charge in [-0.25, -0.2) is 0 Å². The molecule has 0 aromatic heterocycles. The minimum absolute atomic E-state index is 0.0519. The molecule has 1 unspecified atom stereocenters. The van der Waals surface area contributed by atoms with Gasteiger partial charge in [0, 0.05) is 16.8 Å². The number of hydrogen-bond acceptors (Lipinski definition) is 1. The molecule has 0 radical (unpaired) electrons. The first kappa shape index (κ1) is 14.0. The molecule has 1 rings (SSSR count). The summed E-state index contributed by atoms with van der Waals surface area (Å²) in [6.07, 6.45) is 5.55. The van der Waals surface area contributed by atoms with E-state index in [-0.39, 0.29) is 11.3 Å². The molecule has 1 amide bonds. The minimum atomic E-state index is -0.0519. The van der Waals surface area contributed by atoms with Gasteiger partial charge in [-0.3, -0.25) is 4.79 Å². The first-order valence-electron chi connectivity index (χ1n) is 6.44. The van der Waals surface area contributed by atoms with E-state index in [0.29, 0.717) is 10.7 Å². The van der Waals surface area contributed by atoms with Crippen LogP contribution in [-0.4, -0.2) is 17.3 Å². The number of amides is 1. The largest absolute Gasteiger partial charge is 0.354 e. The van der Waals surface area contributed by atoms with Gasteiger partial charge in [0.05, 0.1) is 0 Å². The summed E-state index contributed by atoms with van der Waals surface area (Å²) < 4.78 is 0. The van der Waals surface area contributed by atoms with Crippen LogP contribution in [0.4, 0.5) is 0 Å². The molecule has 94 valence electrons. The van der Waals surface area contributed by atoms with Crippen LogP contribution in [0.5, 0.6) is 0 Å². The van der Waals surface area contributed by atoms with E-state index >= 15 is 0 Å². The molecule has 0 aromatic carbocycles. The zero-order valence-electron chi connectivity index (χ0n) is 10.7. The average Bonchev–Trinajstić information content (AvgIpc) is 2.74. The van der Waals surface area contributed by atoms with E-state index in [9.17, 15) is 4.79 Å². The van der Waals surface area contributed by atoms with Crippen LogP contribution in [0.2, 0.25) is 0 Å². The van der Waals surface area contributed by atoms with Crippen LogP contribution in [0.1, 0.15) is 52.9 Å². The Morgan fingerprint density at radius 2 is 1.94 bits per heavy atom. The lowest BCUT2D eigenvalue weighted by Crippen LogP contribution is -2.41. The van der Waals surface area contributed by atoms with Crippen molar-refractivity contribution in [3.63, 3.8) is 0 Å². The summed E-state index contributed by atoms with van der Waals surface area (Å²) in [6, 6.07) is 0. The second-order valence-corrected chi connectivity index (χ2v) is 6.49. The molecule has 0 spiro atoms. The summed E-state index contributed by atoms with van der Waals surface area (Å²) in [5.74, 6) is 0.832. The normalized spacial score (nSPS) is 21.1. The van der Waals surface area contributed by atoms with Crippen LogP contribution in [0.25, 0.3) is 0 Å². The van der Waals surface area contributed by atoms with Crippen LogP contribution >= 0.6 is 15.9 Å². The number of nitrogens with one attached hydrogen (secondary N) is 1. The Hall–Kier alpha value is -0.0500. The highest BCUT2D eigenvalue weighted by molar-refractivity contribution is 9.09. The molecular formula is C13H24BrNO. The molecule has 0 aromatic rings. The van der Waals surface area contributed by atoms with Gasteiger partial charge in [0.1, 0.15) is 0 Å². The van der Waals surface area contributed by atoms with Gasteiger partial charge in [0.2, 0.25) is 5.91 Å². The zero-order chi connectivity index (χ0) is 12.2. The minimum Gasteiger partial charge on any atom is -0.354 e. The molecular weight excluding hydrogens is 266 g/mol. The van der Waals surface area contributed by atoms with Crippen molar-refractivity contribution in [2.24, 2.45) is 11.3 Å². The fraction of sp³-hybridized carbons (Fsp3) is 0.923. The number of halogens is 1. The van der Waals surface area contributed by atoms with Crippen molar-refractivity contribution in [2.45, 2.75) is 57.7 Å². The molecule has 2 nitrogen and oxygen atoms in total. The van der Waals surface area contributed by atoms with Gasteiger partial charge in [-0.15, -0.1) is 0 Å². The summed E-state index contributed by atoms with van der Waals surface area (Å²) in [6.45, 7) is 7.21. The lowest BCUT2D eigenvalue weighted by Gasteiger charge is -2.27. The zero-order valence-corrected chi connectivity index (χ0v) is 12.3. The molecule has 0 saturated heterocycles. The second-order valence-electron chi connectivity index (χ2n) is 5.31. The van der Waals surface area contributed by atoms with Crippen molar-refractivity contribution in [2.75, 3.05) is 6.54 Å².